The first-order chi connectivity index (χ1) is 12.3. The molecule has 2 heterocycles. The summed E-state index contributed by atoms with van der Waals surface area (Å²) >= 11 is 6.03. The minimum atomic E-state index is -4.53. The summed E-state index contributed by atoms with van der Waals surface area (Å²) in [6.45, 7) is -0.147. The zero-order valence-corrected chi connectivity index (χ0v) is 13.9. The van der Waals surface area contributed by atoms with Crippen molar-refractivity contribution in [2.45, 2.75) is 12.6 Å². The van der Waals surface area contributed by atoms with Crippen molar-refractivity contribution in [1.82, 2.24) is 10.2 Å². The number of nitrogens with zero attached hydrogens (tertiary/aromatic N) is 1. The molecule has 0 spiro atoms. The number of hydrogen-bond donors (Lipinski definition) is 1. The number of ether oxygens (including phenoxy) is 3. The number of halogens is 4. The average molecular weight is 389 g/mol. The second-order valence-corrected chi connectivity index (χ2v) is 5.66. The minimum absolute atomic E-state index is 0.0676. The number of carbonyl (C=O) groups is 1. The van der Waals surface area contributed by atoms with Crippen molar-refractivity contribution in [1.29, 1.82) is 0 Å². The monoisotopic (exact) mass is 388 g/mol. The lowest BCUT2D eigenvalue weighted by atomic mass is 10.2. The van der Waals surface area contributed by atoms with Crippen LogP contribution in [0.2, 0.25) is 5.02 Å². The molecule has 1 aliphatic rings. The Morgan fingerprint density at radius 2 is 2.19 bits per heavy atom. The van der Waals surface area contributed by atoms with Crippen molar-refractivity contribution in [2.75, 3.05) is 13.4 Å². The van der Waals surface area contributed by atoms with Gasteiger partial charge in [0.2, 0.25) is 6.79 Å². The van der Waals surface area contributed by atoms with E-state index >= 15 is 0 Å². The van der Waals surface area contributed by atoms with E-state index in [0.717, 1.165) is 12.3 Å². The number of H-pyrrole nitrogens is 1. The van der Waals surface area contributed by atoms with Crippen molar-refractivity contribution < 1.29 is 32.2 Å². The summed E-state index contributed by atoms with van der Waals surface area (Å²) in [4.78, 5) is 11.7. The van der Waals surface area contributed by atoms with Crippen LogP contribution < -0.4 is 9.47 Å². The number of aromatic amines is 1. The Bertz CT molecular complexity index is 849. The maximum absolute atomic E-state index is 12.7. The highest BCUT2D eigenvalue weighted by Gasteiger charge is 2.35. The highest BCUT2D eigenvalue weighted by Crippen LogP contribution is 2.40. The maximum atomic E-state index is 12.7. The SMILES string of the molecule is O=C(/C=C/c1cc(Cl)c2c(c1)OCO2)OCCc1cn[nH]c1C(F)(F)F. The van der Waals surface area contributed by atoms with Gasteiger partial charge in [-0.15, -0.1) is 0 Å². The van der Waals surface area contributed by atoms with Gasteiger partial charge in [-0.1, -0.05) is 11.6 Å². The molecule has 1 aromatic carbocycles. The molecule has 0 fully saturated rings. The van der Waals surface area contributed by atoms with Crippen LogP contribution in [0, 0.1) is 0 Å². The van der Waals surface area contributed by atoms with Gasteiger partial charge in [0, 0.05) is 18.1 Å². The number of benzene rings is 1. The van der Waals surface area contributed by atoms with Gasteiger partial charge >= 0.3 is 12.1 Å². The van der Waals surface area contributed by atoms with E-state index in [4.69, 9.17) is 25.8 Å². The van der Waals surface area contributed by atoms with Crippen LogP contribution in [0.4, 0.5) is 13.2 Å². The Morgan fingerprint density at radius 3 is 2.96 bits per heavy atom. The number of carbonyl (C=O) groups excluding carboxylic acids is 1. The lowest BCUT2D eigenvalue weighted by molar-refractivity contribution is -0.141. The third-order valence-electron chi connectivity index (χ3n) is 3.48. The largest absolute Gasteiger partial charge is 0.462 e. The first-order valence-corrected chi connectivity index (χ1v) is 7.76. The van der Waals surface area contributed by atoms with Gasteiger partial charge in [0.05, 0.1) is 17.8 Å². The Hall–Kier alpha value is -2.68. The fraction of sp³-hybridized carbons (Fsp3) is 0.250. The van der Waals surface area contributed by atoms with E-state index in [1.165, 1.54) is 6.08 Å². The van der Waals surface area contributed by atoms with Crippen molar-refractivity contribution in [3.63, 3.8) is 0 Å². The zero-order chi connectivity index (χ0) is 18.7. The summed E-state index contributed by atoms with van der Waals surface area (Å²) in [6, 6.07) is 3.22. The highest BCUT2D eigenvalue weighted by molar-refractivity contribution is 6.32. The number of hydrogen-bond acceptors (Lipinski definition) is 5. The minimum Gasteiger partial charge on any atom is -0.462 e. The maximum Gasteiger partial charge on any atom is 0.433 e. The van der Waals surface area contributed by atoms with Crippen LogP contribution in [0.3, 0.4) is 0 Å². The van der Waals surface area contributed by atoms with Crippen LogP contribution in [-0.2, 0) is 22.1 Å². The second-order valence-electron chi connectivity index (χ2n) is 5.26. The van der Waals surface area contributed by atoms with Gasteiger partial charge in [0.1, 0.15) is 5.69 Å². The smallest absolute Gasteiger partial charge is 0.433 e. The first-order valence-electron chi connectivity index (χ1n) is 7.38. The van der Waals surface area contributed by atoms with Crippen molar-refractivity contribution >= 4 is 23.6 Å². The molecule has 0 atom stereocenters. The van der Waals surface area contributed by atoms with Crippen molar-refractivity contribution in [3.8, 4) is 11.5 Å². The molecule has 0 amide bonds. The Labute approximate surface area is 150 Å². The third kappa shape index (κ3) is 4.10. The summed E-state index contributed by atoms with van der Waals surface area (Å²) in [7, 11) is 0. The van der Waals surface area contributed by atoms with Crippen molar-refractivity contribution in [3.05, 3.63) is 46.2 Å². The first kappa shape index (κ1) is 18.1. The molecule has 0 radical (unpaired) electrons. The summed E-state index contributed by atoms with van der Waals surface area (Å²) in [5.41, 5.74) is -0.429. The molecule has 138 valence electrons. The number of rotatable bonds is 5. The molecule has 6 nitrogen and oxygen atoms in total. The molecule has 10 heteroatoms. The van der Waals surface area contributed by atoms with E-state index < -0.39 is 17.8 Å². The molecule has 3 rings (SSSR count). The molecular formula is C16H12ClF3N2O4. The van der Waals surface area contributed by atoms with E-state index in [2.05, 4.69) is 5.10 Å². The second kappa shape index (κ2) is 7.28. The summed E-state index contributed by atoms with van der Waals surface area (Å²) in [6.07, 6.45) is -0.987. The van der Waals surface area contributed by atoms with Crippen LogP contribution in [0.25, 0.3) is 6.08 Å². The van der Waals surface area contributed by atoms with Crippen molar-refractivity contribution in [2.24, 2.45) is 0 Å². The standard InChI is InChI=1S/C16H12ClF3N2O4/c17-11-5-9(6-12-14(11)26-8-25-12)1-2-13(23)24-4-3-10-7-21-22-15(10)16(18,19)20/h1-2,5-7H,3-4,8H2,(H,21,22)/b2-1+. The summed E-state index contributed by atoms with van der Waals surface area (Å²) in [5.74, 6) is 0.202. The zero-order valence-electron chi connectivity index (χ0n) is 13.1. The fourth-order valence-corrected chi connectivity index (χ4v) is 2.58. The van der Waals surface area contributed by atoms with E-state index in [1.807, 2.05) is 5.10 Å². The number of esters is 1. The number of fused-ring (bicyclic) bond motifs is 1. The van der Waals surface area contributed by atoms with E-state index in [9.17, 15) is 18.0 Å². The van der Waals surface area contributed by atoms with E-state index in [-0.39, 0.29) is 25.4 Å². The van der Waals surface area contributed by atoms with Gasteiger partial charge in [-0.3, -0.25) is 5.10 Å². The van der Waals surface area contributed by atoms with Crippen LogP contribution >= 0.6 is 11.6 Å². The van der Waals surface area contributed by atoms with Gasteiger partial charge in [-0.05, 0) is 23.8 Å². The predicted octanol–water partition coefficient (Wildman–Crippen LogP) is 3.61. The quantitative estimate of drug-likeness (QED) is 0.625. The van der Waals surface area contributed by atoms with E-state index in [0.29, 0.717) is 22.1 Å². The molecule has 0 bridgehead atoms. The van der Waals surface area contributed by atoms with Crippen LogP contribution in [0.5, 0.6) is 11.5 Å². The summed E-state index contributed by atoms with van der Waals surface area (Å²) < 4.78 is 53.3. The van der Waals surface area contributed by atoms with Crippen LogP contribution in [0.1, 0.15) is 16.8 Å². The molecule has 0 saturated heterocycles. The van der Waals surface area contributed by atoms with Gasteiger partial charge in [-0.2, -0.15) is 18.3 Å². The number of aromatic nitrogens is 2. The lowest BCUT2D eigenvalue weighted by Crippen LogP contribution is -2.11. The Morgan fingerprint density at radius 1 is 1.38 bits per heavy atom. The predicted molar refractivity (Wildman–Crippen MR) is 84.9 cm³/mol. The fourth-order valence-electron chi connectivity index (χ4n) is 2.30. The summed E-state index contributed by atoms with van der Waals surface area (Å²) in [5, 5.41) is 5.60. The molecule has 0 unspecified atom stereocenters. The molecule has 26 heavy (non-hydrogen) atoms. The molecule has 1 aliphatic heterocycles. The molecule has 1 N–H and O–H groups in total. The highest BCUT2D eigenvalue weighted by atomic mass is 35.5. The Balaban J connectivity index is 1.54. The number of nitrogens with one attached hydrogen (secondary N) is 1. The molecule has 0 aliphatic carbocycles. The third-order valence-corrected chi connectivity index (χ3v) is 3.76. The van der Waals surface area contributed by atoms with Gasteiger partial charge in [0.15, 0.2) is 11.5 Å². The molecule has 2 aromatic rings. The lowest BCUT2D eigenvalue weighted by Gasteiger charge is -2.06. The molecule has 0 saturated carbocycles. The normalized spacial score (nSPS) is 13.4. The topological polar surface area (TPSA) is 73.4 Å². The van der Waals surface area contributed by atoms with Gasteiger partial charge in [0.25, 0.3) is 0 Å². The number of alkyl halides is 3. The van der Waals surface area contributed by atoms with E-state index in [1.54, 1.807) is 12.1 Å². The molecule has 1 aromatic heterocycles. The van der Waals surface area contributed by atoms with Gasteiger partial charge < -0.3 is 14.2 Å². The Kier molecular flexibility index (Phi) is 5.08. The molecular weight excluding hydrogens is 377 g/mol. The van der Waals surface area contributed by atoms with Gasteiger partial charge in [-0.25, -0.2) is 4.79 Å². The average Bonchev–Trinajstić information content (AvgIpc) is 3.21. The van der Waals surface area contributed by atoms with Crippen LogP contribution in [-0.4, -0.2) is 29.6 Å². The van der Waals surface area contributed by atoms with Crippen LogP contribution in [0.15, 0.2) is 24.4 Å².